The molecule has 0 unspecified atom stereocenters. The third-order valence-corrected chi connectivity index (χ3v) is 5.42. The van der Waals surface area contributed by atoms with Crippen LogP contribution < -0.4 is 11.1 Å². The highest BCUT2D eigenvalue weighted by Crippen LogP contribution is 2.23. The molecule has 0 saturated heterocycles. The highest BCUT2D eigenvalue weighted by atomic mass is 16.1. The van der Waals surface area contributed by atoms with Gasteiger partial charge >= 0.3 is 0 Å². The second-order valence-corrected chi connectivity index (χ2v) is 8.29. The van der Waals surface area contributed by atoms with Gasteiger partial charge in [-0.25, -0.2) is 0 Å². The topological polar surface area (TPSA) is 89.1 Å². The van der Waals surface area contributed by atoms with E-state index < -0.39 is 5.91 Å². The molecule has 3 N–H and O–H groups in total. The smallest absolute Gasteiger partial charge is 0.252 e. The molecule has 0 aliphatic rings. The molecule has 0 radical (unpaired) electrons. The number of primary amides is 1. The second kappa shape index (κ2) is 9.20. The number of anilines is 1. The standard InChI is InChI=1S/C25H28N6O/c1-30(2)16-17-7-8-20(27-13-17)11-21-12-23(22(15-28-21)25(26)32)29-14-19-6-4-5-18-9-10-31(3)24(18)19/h4-10,12-13,15H,11,14,16H2,1-3H3,(H2,26,32)(H,28,29). The van der Waals surface area contributed by atoms with Crippen LogP contribution in [-0.4, -0.2) is 39.4 Å². The largest absolute Gasteiger partial charge is 0.380 e. The summed E-state index contributed by atoms with van der Waals surface area (Å²) in [4.78, 5) is 23.1. The minimum Gasteiger partial charge on any atom is -0.380 e. The van der Waals surface area contributed by atoms with Crippen molar-refractivity contribution < 1.29 is 4.79 Å². The number of aromatic nitrogens is 3. The van der Waals surface area contributed by atoms with Crippen molar-refractivity contribution in [2.24, 2.45) is 12.8 Å². The molecule has 3 heterocycles. The third kappa shape index (κ3) is 4.78. The maximum Gasteiger partial charge on any atom is 0.252 e. The Hall–Kier alpha value is -3.71. The van der Waals surface area contributed by atoms with Gasteiger partial charge in [-0.05, 0) is 48.8 Å². The molecular formula is C25H28N6O. The second-order valence-electron chi connectivity index (χ2n) is 8.29. The number of fused-ring (bicyclic) bond motifs is 1. The Bertz CT molecular complexity index is 1240. The first kappa shape index (κ1) is 21.5. The van der Waals surface area contributed by atoms with Crippen LogP contribution in [0.15, 0.2) is 61.1 Å². The number of hydrogen-bond acceptors (Lipinski definition) is 5. The summed E-state index contributed by atoms with van der Waals surface area (Å²) in [6, 6.07) is 14.3. The van der Waals surface area contributed by atoms with E-state index in [1.165, 1.54) is 5.39 Å². The molecule has 4 aromatic rings. The van der Waals surface area contributed by atoms with Crippen LogP contribution in [0.3, 0.4) is 0 Å². The number of benzene rings is 1. The van der Waals surface area contributed by atoms with E-state index in [4.69, 9.17) is 5.73 Å². The van der Waals surface area contributed by atoms with Gasteiger partial charge in [-0.1, -0.05) is 24.3 Å². The van der Waals surface area contributed by atoms with Gasteiger partial charge in [0.1, 0.15) is 0 Å². The van der Waals surface area contributed by atoms with E-state index in [0.29, 0.717) is 24.2 Å². The highest BCUT2D eigenvalue weighted by Gasteiger charge is 2.12. The fourth-order valence-electron chi connectivity index (χ4n) is 3.92. The normalized spacial score (nSPS) is 11.2. The van der Waals surface area contributed by atoms with E-state index in [1.807, 2.05) is 51.7 Å². The van der Waals surface area contributed by atoms with Crippen LogP contribution in [0.2, 0.25) is 0 Å². The van der Waals surface area contributed by atoms with Gasteiger partial charge in [0.05, 0.1) is 16.8 Å². The average Bonchev–Trinajstić information content (AvgIpc) is 3.15. The fourth-order valence-corrected chi connectivity index (χ4v) is 3.92. The average molecular weight is 429 g/mol. The predicted octanol–water partition coefficient (Wildman–Crippen LogP) is 3.33. The SMILES string of the molecule is CN(C)Cc1ccc(Cc2cc(NCc3cccc4ccn(C)c34)c(C(N)=O)cn2)nc1. The number of pyridine rings is 2. The first-order valence-electron chi connectivity index (χ1n) is 10.5. The number of amides is 1. The molecule has 0 aliphatic carbocycles. The number of nitrogens with two attached hydrogens (primary N) is 1. The first-order valence-corrected chi connectivity index (χ1v) is 10.5. The van der Waals surface area contributed by atoms with Crippen LogP contribution in [0.1, 0.15) is 32.9 Å². The van der Waals surface area contributed by atoms with Crippen molar-refractivity contribution in [3.63, 3.8) is 0 Å². The van der Waals surface area contributed by atoms with Crippen molar-refractivity contribution >= 4 is 22.5 Å². The number of para-hydroxylation sites is 1. The summed E-state index contributed by atoms with van der Waals surface area (Å²) in [5.74, 6) is -0.505. The van der Waals surface area contributed by atoms with E-state index >= 15 is 0 Å². The summed E-state index contributed by atoms with van der Waals surface area (Å²) in [6.07, 6.45) is 6.06. The number of hydrogen-bond donors (Lipinski definition) is 2. The number of nitrogens with zero attached hydrogens (tertiary/aromatic N) is 4. The maximum atomic E-state index is 12.0. The fraction of sp³-hybridized carbons (Fsp3) is 0.240. The van der Waals surface area contributed by atoms with Crippen molar-refractivity contribution in [3.05, 3.63) is 89.1 Å². The highest BCUT2D eigenvalue weighted by molar-refractivity contribution is 5.98. The molecule has 0 spiro atoms. The Kier molecular flexibility index (Phi) is 6.18. The lowest BCUT2D eigenvalue weighted by molar-refractivity contribution is 0.100. The molecule has 7 heteroatoms. The number of carbonyl (C=O) groups excluding carboxylic acids is 1. The van der Waals surface area contributed by atoms with Gasteiger partial charge in [0.25, 0.3) is 5.91 Å². The molecule has 7 nitrogen and oxygen atoms in total. The van der Waals surface area contributed by atoms with Crippen molar-refractivity contribution in [1.82, 2.24) is 19.4 Å². The molecule has 0 atom stereocenters. The molecule has 164 valence electrons. The van der Waals surface area contributed by atoms with Gasteiger partial charge in [-0.3, -0.25) is 14.8 Å². The number of aryl methyl sites for hydroxylation is 1. The van der Waals surface area contributed by atoms with Crippen molar-refractivity contribution in [2.45, 2.75) is 19.5 Å². The van der Waals surface area contributed by atoms with Crippen molar-refractivity contribution in [2.75, 3.05) is 19.4 Å². The minimum absolute atomic E-state index is 0.377. The van der Waals surface area contributed by atoms with Crippen LogP contribution >= 0.6 is 0 Å². The lowest BCUT2D eigenvalue weighted by Gasteiger charge is -2.13. The number of rotatable bonds is 8. The zero-order valence-electron chi connectivity index (χ0n) is 18.7. The summed E-state index contributed by atoms with van der Waals surface area (Å²) in [5.41, 5.74) is 11.9. The lowest BCUT2D eigenvalue weighted by atomic mass is 10.1. The van der Waals surface area contributed by atoms with Gasteiger partial charge in [0.15, 0.2) is 0 Å². The van der Waals surface area contributed by atoms with Crippen LogP contribution in [0.5, 0.6) is 0 Å². The summed E-state index contributed by atoms with van der Waals surface area (Å²) in [6.45, 7) is 1.41. The van der Waals surface area contributed by atoms with Crippen LogP contribution in [0.25, 0.3) is 10.9 Å². The Labute approximate surface area is 187 Å². The van der Waals surface area contributed by atoms with Crippen LogP contribution in [0.4, 0.5) is 5.69 Å². The zero-order valence-corrected chi connectivity index (χ0v) is 18.7. The summed E-state index contributed by atoms with van der Waals surface area (Å²) >= 11 is 0. The first-order chi connectivity index (χ1) is 15.4. The van der Waals surface area contributed by atoms with E-state index in [0.717, 1.165) is 34.6 Å². The van der Waals surface area contributed by atoms with E-state index in [1.54, 1.807) is 6.20 Å². The molecule has 32 heavy (non-hydrogen) atoms. The molecular weight excluding hydrogens is 400 g/mol. The van der Waals surface area contributed by atoms with Gasteiger partial charge < -0.3 is 20.5 Å². The predicted molar refractivity (Wildman–Crippen MR) is 127 cm³/mol. The van der Waals surface area contributed by atoms with Crippen LogP contribution in [0, 0.1) is 0 Å². The minimum atomic E-state index is -0.505. The lowest BCUT2D eigenvalue weighted by Crippen LogP contribution is -2.16. The van der Waals surface area contributed by atoms with Gasteiger partial charge in [-0.15, -0.1) is 0 Å². The summed E-state index contributed by atoms with van der Waals surface area (Å²) in [7, 11) is 6.10. The third-order valence-electron chi connectivity index (χ3n) is 5.42. The van der Waals surface area contributed by atoms with Gasteiger partial charge in [0, 0.05) is 56.5 Å². The van der Waals surface area contributed by atoms with Crippen molar-refractivity contribution in [1.29, 1.82) is 0 Å². The molecule has 4 rings (SSSR count). The molecule has 1 amide bonds. The Balaban J connectivity index is 1.55. The Morgan fingerprint density at radius 2 is 1.91 bits per heavy atom. The molecule has 1 aromatic carbocycles. The van der Waals surface area contributed by atoms with Crippen molar-refractivity contribution in [3.8, 4) is 0 Å². The van der Waals surface area contributed by atoms with E-state index in [2.05, 4.69) is 49.0 Å². The quantitative estimate of drug-likeness (QED) is 0.449. The number of nitrogens with one attached hydrogen (secondary N) is 1. The Morgan fingerprint density at radius 3 is 2.62 bits per heavy atom. The molecule has 0 aliphatic heterocycles. The maximum absolute atomic E-state index is 12.0. The molecule has 0 bridgehead atoms. The molecule has 0 saturated carbocycles. The summed E-state index contributed by atoms with van der Waals surface area (Å²) in [5, 5.41) is 4.58. The molecule has 0 fully saturated rings. The number of carbonyl (C=O) groups is 1. The van der Waals surface area contributed by atoms with Crippen LogP contribution in [-0.2, 0) is 26.6 Å². The van der Waals surface area contributed by atoms with Gasteiger partial charge in [0.2, 0.25) is 0 Å². The monoisotopic (exact) mass is 428 g/mol. The summed E-state index contributed by atoms with van der Waals surface area (Å²) < 4.78 is 2.10. The van der Waals surface area contributed by atoms with E-state index in [-0.39, 0.29) is 0 Å². The molecule has 3 aromatic heterocycles. The Morgan fingerprint density at radius 1 is 1.09 bits per heavy atom. The van der Waals surface area contributed by atoms with Gasteiger partial charge in [-0.2, -0.15) is 0 Å². The zero-order chi connectivity index (χ0) is 22.7. The van der Waals surface area contributed by atoms with E-state index in [9.17, 15) is 4.79 Å².